The zero-order valence-corrected chi connectivity index (χ0v) is 14.8. The second kappa shape index (κ2) is 6.07. The van der Waals surface area contributed by atoms with Gasteiger partial charge in [-0.2, -0.15) is 5.10 Å². The van der Waals surface area contributed by atoms with E-state index in [0.717, 1.165) is 19.3 Å². The molecule has 0 saturated carbocycles. The fourth-order valence-corrected chi connectivity index (χ4v) is 3.27. The Morgan fingerprint density at radius 1 is 1.39 bits per heavy atom. The van der Waals surface area contributed by atoms with Gasteiger partial charge in [0.15, 0.2) is 0 Å². The fourth-order valence-electron chi connectivity index (χ4n) is 3.27. The molecule has 0 radical (unpaired) electrons. The topological polar surface area (TPSA) is 68.8 Å². The minimum absolute atomic E-state index is 0.0175. The standard InChI is InChI=1S/C17H27N5O/c1-6-15-20-21-16(23-15)11(2)19-13-8-7-9-14-12(13)10-18-22(14)17(3,4)5/h10-11,13,19H,6-9H2,1-5H3/t11-,13+/m1/s1. The van der Waals surface area contributed by atoms with Crippen molar-refractivity contribution in [2.45, 2.75) is 77.9 Å². The molecule has 1 N–H and O–H groups in total. The predicted octanol–water partition coefficient (Wildman–Crippen LogP) is 3.31. The fraction of sp³-hybridized carbons (Fsp3) is 0.706. The maximum Gasteiger partial charge on any atom is 0.233 e. The number of nitrogens with one attached hydrogen (secondary N) is 1. The van der Waals surface area contributed by atoms with E-state index in [4.69, 9.17) is 4.42 Å². The second-order valence-electron chi connectivity index (χ2n) is 7.35. The molecule has 6 heteroatoms. The van der Waals surface area contributed by atoms with Crippen molar-refractivity contribution in [1.29, 1.82) is 0 Å². The molecule has 0 bridgehead atoms. The first-order valence-electron chi connectivity index (χ1n) is 8.55. The molecular weight excluding hydrogens is 290 g/mol. The maximum atomic E-state index is 5.68. The van der Waals surface area contributed by atoms with Crippen LogP contribution in [-0.2, 0) is 18.4 Å². The van der Waals surface area contributed by atoms with Crippen molar-refractivity contribution in [2.75, 3.05) is 0 Å². The smallest absolute Gasteiger partial charge is 0.233 e. The van der Waals surface area contributed by atoms with E-state index in [0.29, 0.717) is 17.8 Å². The van der Waals surface area contributed by atoms with Crippen LogP contribution in [0, 0.1) is 0 Å². The van der Waals surface area contributed by atoms with E-state index in [1.165, 1.54) is 17.7 Å². The molecule has 0 aliphatic heterocycles. The minimum Gasteiger partial charge on any atom is -0.424 e. The van der Waals surface area contributed by atoms with Gasteiger partial charge in [0.25, 0.3) is 0 Å². The Morgan fingerprint density at radius 3 is 2.83 bits per heavy atom. The third kappa shape index (κ3) is 3.17. The van der Waals surface area contributed by atoms with Crippen LogP contribution in [0.3, 0.4) is 0 Å². The van der Waals surface area contributed by atoms with Crippen LogP contribution in [0.25, 0.3) is 0 Å². The molecule has 0 fully saturated rings. The van der Waals surface area contributed by atoms with E-state index < -0.39 is 0 Å². The summed E-state index contributed by atoms with van der Waals surface area (Å²) in [6.07, 6.45) is 6.17. The van der Waals surface area contributed by atoms with Crippen LogP contribution >= 0.6 is 0 Å². The molecule has 0 saturated heterocycles. The van der Waals surface area contributed by atoms with Crippen molar-refractivity contribution in [2.24, 2.45) is 0 Å². The number of fused-ring (bicyclic) bond motifs is 1. The van der Waals surface area contributed by atoms with Gasteiger partial charge in [0.05, 0.1) is 17.8 Å². The van der Waals surface area contributed by atoms with Crippen molar-refractivity contribution in [1.82, 2.24) is 25.3 Å². The Balaban J connectivity index is 1.79. The highest BCUT2D eigenvalue weighted by Crippen LogP contribution is 2.33. The summed E-state index contributed by atoms with van der Waals surface area (Å²) in [6.45, 7) is 10.7. The van der Waals surface area contributed by atoms with Crippen molar-refractivity contribution in [3.8, 4) is 0 Å². The number of aromatic nitrogens is 4. The summed E-state index contributed by atoms with van der Waals surface area (Å²) in [5, 5.41) is 16.5. The quantitative estimate of drug-likeness (QED) is 0.937. The molecule has 6 nitrogen and oxygen atoms in total. The van der Waals surface area contributed by atoms with Crippen molar-refractivity contribution < 1.29 is 4.42 Å². The summed E-state index contributed by atoms with van der Waals surface area (Å²) in [5.74, 6) is 1.36. The summed E-state index contributed by atoms with van der Waals surface area (Å²) < 4.78 is 7.85. The molecule has 1 aliphatic carbocycles. The van der Waals surface area contributed by atoms with E-state index in [9.17, 15) is 0 Å². The summed E-state index contributed by atoms with van der Waals surface area (Å²) in [5.41, 5.74) is 2.69. The molecule has 2 heterocycles. The lowest BCUT2D eigenvalue weighted by Crippen LogP contribution is -2.30. The van der Waals surface area contributed by atoms with E-state index in [1.54, 1.807) is 0 Å². The van der Waals surface area contributed by atoms with Crippen LogP contribution in [0.2, 0.25) is 0 Å². The Bertz CT molecular complexity index is 667. The zero-order chi connectivity index (χ0) is 16.6. The molecule has 0 amide bonds. The number of hydrogen-bond donors (Lipinski definition) is 1. The molecule has 2 atom stereocenters. The molecular formula is C17H27N5O. The molecule has 0 spiro atoms. The van der Waals surface area contributed by atoms with Crippen molar-refractivity contribution in [3.63, 3.8) is 0 Å². The van der Waals surface area contributed by atoms with Gasteiger partial charge in [-0.15, -0.1) is 10.2 Å². The first-order valence-corrected chi connectivity index (χ1v) is 8.55. The molecule has 2 aromatic rings. The molecule has 3 rings (SSSR count). The zero-order valence-electron chi connectivity index (χ0n) is 14.8. The number of hydrogen-bond acceptors (Lipinski definition) is 5. The van der Waals surface area contributed by atoms with Crippen LogP contribution < -0.4 is 5.32 Å². The van der Waals surface area contributed by atoms with Gasteiger partial charge >= 0.3 is 0 Å². The van der Waals surface area contributed by atoms with Crippen LogP contribution in [0.5, 0.6) is 0 Å². The maximum absolute atomic E-state index is 5.68. The van der Waals surface area contributed by atoms with Gasteiger partial charge < -0.3 is 4.42 Å². The summed E-state index contributed by atoms with van der Waals surface area (Å²) in [6, 6.07) is 0.332. The minimum atomic E-state index is 0.0175. The van der Waals surface area contributed by atoms with Crippen LogP contribution in [0.1, 0.15) is 82.6 Å². The van der Waals surface area contributed by atoms with Crippen LogP contribution in [0.4, 0.5) is 0 Å². The summed E-state index contributed by atoms with van der Waals surface area (Å²) in [7, 11) is 0. The molecule has 0 aromatic carbocycles. The highest BCUT2D eigenvalue weighted by atomic mass is 16.4. The van der Waals surface area contributed by atoms with Gasteiger partial charge in [0.1, 0.15) is 0 Å². The molecule has 126 valence electrons. The third-order valence-corrected chi connectivity index (χ3v) is 4.42. The van der Waals surface area contributed by atoms with E-state index in [-0.39, 0.29) is 11.6 Å². The second-order valence-corrected chi connectivity index (χ2v) is 7.35. The van der Waals surface area contributed by atoms with E-state index in [1.807, 2.05) is 13.1 Å². The van der Waals surface area contributed by atoms with E-state index >= 15 is 0 Å². The Kier molecular flexibility index (Phi) is 4.27. The number of nitrogens with zero attached hydrogens (tertiary/aromatic N) is 4. The lowest BCUT2D eigenvalue weighted by Gasteiger charge is -2.29. The van der Waals surface area contributed by atoms with Gasteiger partial charge in [0, 0.05) is 23.7 Å². The molecule has 1 aliphatic rings. The van der Waals surface area contributed by atoms with Crippen molar-refractivity contribution in [3.05, 3.63) is 29.2 Å². The molecule has 2 aromatic heterocycles. The Labute approximate surface area is 137 Å². The lowest BCUT2D eigenvalue weighted by molar-refractivity contribution is 0.323. The van der Waals surface area contributed by atoms with E-state index in [2.05, 4.69) is 53.0 Å². The largest absolute Gasteiger partial charge is 0.424 e. The molecule has 0 unspecified atom stereocenters. The first kappa shape index (κ1) is 16.2. The average Bonchev–Trinajstić information content (AvgIpc) is 3.13. The number of aryl methyl sites for hydroxylation is 1. The van der Waals surface area contributed by atoms with Crippen LogP contribution in [-0.4, -0.2) is 20.0 Å². The average molecular weight is 317 g/mol. The monoisotopic (exact) mass is 317 g/mol. The summed E-state index contributed by atoms with van der Waals surface area (Å²) >= 11 is 0. The van der Waals surface area contributed by atoms with Gasteiger partial charge in [-0.05, 0) is 47.0 Å². The normalized spacial score (nSPS) is 19.6. The lowest BCUT2D eigenvalue weighted by atomic mass is 9.91. The van der Waals surface area contributed by atoms with Gasteiger partial charge in [-0.1, -0.05) is 6.92 Å². The highest BCUT2D eigenvalue weighted by molar-refractivity contribution is 5.26. The van der Waals surface area contributed by atoms with Crippen LogP contribution in [0.15, 0.2) is 10.6 Å². The Hall–Kier alpha value is -1.69. The predicted molar refractivity (Wildman–Crippen MR) is 88.1 cm³/mol. The highest BCUT2D eigenvalue weighted by Gasteiger charge is 2.29. The molecule has 23 heavy (non-hydrogen) atoms. The van der Waals surface area contributed by atoms with Gasteiger partial charge in [-0.3, -0.25) is 10.00 Å². The van der Waals surface area contributed by atoms with Crippen molar-refractivity contribution >= 4 is 0 Å². The van der Waals surface area contributed by atoms with Gasteiger partial charge in [0.2, 0.25) is 11.8 Å². The number of rotatable bonds is 4. The summed E-state index contributed by atoms with van der Waals surface area (Å²) in [4.78, 5) is 0. The first-order chi connectivity index (χ1) is 10.9. The SMILES string of the molecule is CCc1nnc([C@@H](C)N[C@H]2CCCc3c2cnn3C(C)(C)C)o1. The van der Waals surface area contributed by atoms with Gasteiger partial charge in [-0.25, -0.2) is 0 Å². The third-order valence-electron chi connectivity index (χ3n) is 4.42. The Morgan fingerprint density at radius 2 is 2.17 bits per heavy atom.